The molecule has 0 amide bonds. The number of benzene rings is 2. The predicted molar refractivity (Wildman–Crippen MR) is 110 cm³/mol. The fourth-order valence-corrected chi connectivity index (χ4v) is 3.84. The fraction of sp³-hybridized carbons (Fsp3) is 0.364. The lowest BCUT2D eigenvalue weighted by Crippen LogP contribution is -2.22. The van der Waals surface area contributed by atoms with Crippen molar-refractivity contribution in [2.24, 2.45) is 0 Å². The van der Waals surface area contributed by atoms with Crippen molar-refractivity contribution in [2.45, 2.75) is 38.5 Å². The van der Waals surface area contributed by atoms with E-state index < -0.39 is 0 Å². The van der Waals surface area contributed by atoms with Crippen molar-refractivity contribution in [1.82, 2.24) is 0 Å². The van der Waals surface area contributed by atoms with E-state index in [9.17, 15) is 9.59 Å². The average molecular weight is 414 g/mol. The number of anilines is 1. The highest BCUT2D eigenvalue weighted by Gasteiger charge is 2.31. The number of hydrogen-bond donors (Lipinski definition) is 1. The molecule has 26 heavy (non-hydrogen) atoms. The first kappa shape index (κ1) is 18.8. The number of rotatable bonds is 9. The molecular formula is C22H24BrNO2. The molecule has 2 aromatic rings. The van der Waals surface area contributed by atoms with Crippen LogP contribution in [0.1, 0.15) is 70.4 Å². The quantitative estimate of drug-likeness (QED) is 0.366. The second-order valence-electron chi connectivity index (χ2n) is 6.67. The minimum Gasteiger partial charge on any atom is -0.384 e. The Morgan fingerprint density at radius 3 is 2.04 bits per heavy atom. The first-order valence-corrected chi connectivity index (χ1v) is 10.5. The van der Waals surface area contributed by atoms with Crippen LogP contribution in [0, 0.1) is 0 Å². The zero-order valence-corrected chi connectivity index (χ0v) is 16.5. The van der Waals surface area contributed by atoms with Crippen molar-refractivity contribution in [1.29, 1.82) is 0 Å². The molecule has 0 spiro atoms. The van der Waals surface area contributed by atoms with E-state index in [1.54, 1.807) is 30.3 Å². The minimum absolute atomic E-state index is 0.0620. The third kappa shape index (κ3) is 4.07. The number of alkyl halides is 1. The number of carbonyl (C=O) groups is 2. The molecule has 4 heteroatoms. The van der Waals surface area contributed by atoms with Gasteiger partial charge in [-0.3, -0.25) is 9.59 Å². The number of hydrogen-bond acceptors (Lipinski definition) is 3. The van der Waals surface area contributed by atoms with E-state index in [-0.39, 0.29) is 11.6 Å². The Morgan fingerprint density at radius 1 is 0.692 bits per heavy atom. The van der Waals surface area contributed by atoms with Gasteiger partial charge in [-0.1, -0.05) is 78.0 Å². The van der Waals surface area contributed by atoms with Crippen LogP contribution in [0.3, 0.4) is 0 Å². The highest BCUT2D eigenvalue weighted by Crippen LogP contribution is 2.31. The third-order valence-electron chi connectivity index (χ3n) is 4.83. The fourth-order valence-electron chi connectivity index (χ4n) is 3.44. The summed E-state index contributed by atoms with van der Waals surface area (Å²) in [7, 11) is 0. The maximum absolute atomic E-state index is 12.9. The second-order valence-corrected chi connectivity index (χ2v) is 7.46. The van der Waals surface area contributed by atoms with Gasteiger partial charge < -0.3 is 5.32 Å². The molecule has 0 saturated heterocycles. The number of unbranched alkanes of at least 4 members (excludes halogenated alkanes) is 5. The molecule has 0 aliphatic heterocycles. The molecule has 0 bridgehead atoms. The van der Waals surface area contributed by atoms with Gasteiger partial charge in [-0.25, -0.2) is 0 Å². The molecule has 0 aromatic heterocycles. The van der Waals surface area contributed by atoms with Gasteiger partial charge in [0.1, 0.15) is 0 Å². The summed E-state index contributed by atoms with van der Waals surface area (Å²) in [5, 5.41) is 4.46. The van der Waals surface area contributed by atoms with Crippen LogP contribution in [-0.2, 0) is 0 Å². The summed E-state index contributed by atoms with van der Waals surface area (Å²) in [5.41, 5.74) is 2.81. The molecule has 0 unspecified atom stereocenters. The standard InChI is InChI=1S/C22H24BrNO2/c23-14-7-3-1-2-4-8-15-24-19-13-9-12-18-20(19)22(26)17-11-6-5-10-16(17)21(18)25/h5-6,9-13,24H,1-4,7-8,14-15H2. The molecule has 0 radical (unpaired) electrons. The Kier molecular flexibility index (Phi) is 6.62. The normalized spacial score (nSPS) is 12.7. The lowest BCUT2D eigenvalue weighted by Gasteiger charge is -2.20. The number of ketones is 2. The second kappa shape index (κ2) is 9.13. The molecule has 0 fully saturated rings. The van der Waals surface area contributed by atoms with E-state index in [0.717, 1.165) is 24.0 Å². The van der Waals surface area contributed by atoms with Crippen LogP contribution >= 0.6 is 15.9 Å². The lowest BCUT2D eigenvalue weighted by molar-refractivity contribution is 0.0979. The minimum atomic E-state index is -0.0642. The monoisotopic (exact) mass is 413 g/mol. The van der Waals surface area contributed by atoms with Crippen LogP contribution in [0.15, 0.2) is 42.5 Å². The molecular weight excluding hydrogens is 390 g/mol. The van der Waals surface area contributed by atoms with Crippen LogP contribution in [0.4, 0.5) is 5.69 Å². The zero-order chi connectivity index (χ0) is 18.4. The number of fused-ring (bicyclic) bond motifs is 2. The van der Waals surface area contributed by atoms with Crippen molar-refractivity contribution >= 4 is 33.2 Å². The van der Waals surface area contributed by atoms with Gasteiger partial charge in [-0.05, 0) is 18.9 Å². The van der Waals surface area contributed by atoms with Crippen molar-refractivity contribution < 1.29 is 9.59 Å². The van der Waals surface area contributed by atoms with E-state index in [4.69, 9.17) is 0 Å². The lowest BCUT2D eigenvalue weighted by atomic mass is 9.83. The van der Waals surface area contributed by atoms with Crippen molar-refractivity contribution in [3.05, 3.63) is 64.7 Å². The van der Waals surface area contributed by atoms with Crippen molar-refractivity contribution in [3.8, 4) is 0 Å². The van der Waals surface area contributed by atoms with Gasteiger partial charge in [0.15, 0.2) is 11.6 Å². The Hall–Kier alpha value is -1.94. The van der Waals surface area contributed by atoms with Crippen LogP contribution in [0.25, 0.3) is 0 Å². The van der Waals surface area contributed by atoms with E-state index in [2.05, 4.69) is 21.2 Å². The summed E-state index contributed by atoms with van der Waals surface area (Å²) in [5.74, 6) is -0.126. The molecule has 1 aliphatic rings. The number of carbonyl (C=O) groups excluding carboxylic acids is 2. The van der Waals surface area contributed by atoms with Crippen molar-refractivity contribution in [3.63, 3.8) is 0 Å². The van der Waals surface area contributed by atoms with Crippen LogP contribution < -0.4 is 5.32 Å². The number of nitrogens with one attached hydrogen (secondary N) is 1. The molecule has 0 heterocycles. The van der Waals surface area contributed by atoms with Gasteiger partial charge >= 0.3 is 0 Å². The molecule has 1 aliphatic carbocycles. The van der Waals surface area contributed by atoms with Crippen LogP contribution in [0.5, 0.6) is 0 Å². The van der Waals surface area contributed by atoms with E-state index in [0.29, 0.717) is 22.3 Å². The topological polar surface area (TPSA) is 46.2 Å². The van der Waals surface area contributed by atoms with E-state index in [1.807, 2.05) is 12.1 Å². The Labute approximate surface area is 163 Å². The van der Waals surface area contributed by atoms with Crippen molar-refractivity contribution in [2.75, 3.05) is 17.2 Å². The maximum atomic E-state index is 12.9. The maximum Gasteiger partial charge on any atom is 0.196 e. The summed E-state index contributed by atoms with van der Waals surface area (Å²) < 4.78 is 0. The zero-order valence-electron chi connectivity index (χ0n) is 14.9. The summed E-state index contributed by atoms with van der Waals surface area (Å²) in [6.45, 7) is 0.817. The molecule has 3 rings (SSSR count). The highest BCUT2D eigenvalue weighted by atomic mass is 79.9. The Morgan fingerprint density at radius 2 is 1.31 bits per heavy atom. The predicted octanol–water partition coefficient (Wildman–Crippen LogP) is 5.61. The van der Waals surface area contributed by atoms with Gasteiger partial charge in [-0.2, -0.15) is 0 Å². The largest absolute Gasteiger partial charge is 0.384 e. The summed E-state index contributed by atoms with van der Waals surface area (Å²) in [4.78, 5) is 25.6. The first-order chi connectivity index (χ1) is 12.7. The highest BCUT2D eigenvalue weighted by molar-refractivity contribution is 9.09. The Bertz CT molecular complexity index is 800. The number of halogens is 1. The summed E-state index contributed by atoms with van der Waals surface area (Å²) in [6.07, 6.45) is 7.28. The van der Waals surface area contributed by atoms with Gasteiger partial charge in [0.2, 0.25) is 0 Å². The molecule has 136 valence electrons. The summed E-state index contributed by atoms with van der Waals surface area (Å²) in [6, 6.07) is 12.6. The van der Waals surface area contributed by atoms with Gasteiger partial charge in [0, 0.05) is 34.3 Å². The first-order valence-electron chi connectivity index (χ1n) is 9.35. The molecule has 3 nitrogen and oxygen atoms in total. The molecule has 0 atom stereocenters. The Balaban J connectivity index is 1.64. The molecule has 2 aromatic carbocycles. The van der Waals surface area contributed by atoms with Gasteiger partial charge in [0.25, 0.3) is 0 Å². The van der Waals surface area contributed by atoms with Gasteiger partial charge in [0.05, 0.1) is 5.56 Å². The van der Waals surface area contributed by atoms with Crippen LogP contribution in [-0.4, -0.2) is 23.4 Å². The molecule has 1 N–H and O–H groups in total. The van der Waals surface area contributed by atoms with Gasteiger partial charge in [-0.15, -0.1) is 0 Å². The third-order valence-corrected chi connectivity index (χ3v) is 5.39. The van der Waals surface area contributed by atoms with Crippen LogP contribution in [0.2, 0.25) is 0 Å². The molecule has 0 saturated carbocycles. The van der Waals surface area contributed by atoms with E-state index >= 15 is 0 Å². The average Bonchev–Trinajstić information content (AvgIpc) is 2.68. The summed E-state index contributed by atoms with van der Waals surface area (Å²) >= 11 is 3.46. The van der Waals surface area contributed by atoms with E-state index in [1.165, 1.54) is 32.1 Å². The SMILES string of the molecule is O=C1c2ccccc2C(=O)c2c(NCCCCCCCCBr)cccc21. The smallest absolute Gasteiger partial charge is 0.196 e.